The van der Waals surface area contributed by atoms with E-state index in [1.54, 1.807) is 13.0 Å². The van der Waals surface area contributed by atoms with Crippen molar-refractivity contribution in [1.82, 2.24) is 5.32 Å². The first-order chi connectivity index (χ1) is 9.38. The van der Waals surface area contributed by atoms with Gasteiger partial charge in [-0.05, 0) is 36.7 Å². The normalized spacial score (nSPS) is 12.6. The van der Waals surface area contributed by atoms with E-state index in [0.29, 0.717) is 24.2 Å². The van der Waals surface area contributed by atoms with Crippen LogP contribution in [0, 0.1) is 0 Å². The molecule has 0 unspecified atom stereocenters. The van der Waals surface area contributed by atoms with E-state index in [4.69, 9.17) is 16.3 Å². The summed E-state index contributed by atoms with van der Waals surface area (Å²) in [5, 5.41) is 2.99. The van der Waals surface area contributed by atoms with E-state index in [2.05, 4.69) is 5.32 Å². The van der Waals surface area contributed by atoms with Gasteiger partial charge < -0.3 is 10.1 Å². The number of benzene rings is 1. The van der Waals surface area contributed by atoms with Crippen molar-refractivity contribution >= 4 is 11.6 Å². The van der Waals surface area contributed by atoms with Gasteiger partial charge in [0.25, 0.3) is 0 Å². The van der Waals surface area contributed by atoms with Gasteiger partial charge in [0.15, 0.2) is 0 Å². The van der Waals surface area contributed by atoms with E-state index in [1.807, 2.05) is 6.92 Å². The number of halogens is 4. The molecular weight excluding hydrogens is 291 g/mol. The fraction of sp³-hybridized carbons (Fsp3) is 0.429. The molecule has 0 aromatic heterocycles. The van der Waals surface area contributed by atoms with Crippen molar-refractivity contribution in [2.24, 2.45) is 0 Å². The molecule has 0 saturated carbocycles. The van der Waals surface area contributed by atoms with Gasteiger partial charge in [0.1, 0.15) is 12.4 Å². The van der Waals surface area contributed by atoms with Crippen LogP contribution in [0.2, 0.25) is 0 Å². The van der Waals surface area contributed by atoms with Crippen LogP contribution in [0.3, 0.4) is 0 Å². The van der Waals surface area contributed by atoms with Crippen LogP contribution < -0.4 is 10.1 Å². The number of alkyl halides is 3. The molecule has 0 aliphatic rings. The first kappa shape index (κ1) is 16.9. The fourth-order valence-electron chi connectivity index (χ4n) is 1.53. The number of nitrogens with one attached hydrogen (secondary N) is 1. The van der Waals surface area contributed by atoms with Crippen LogP contribution in [0.1, 0.15) is 25.0 Å². The minimum Gasteiger partial charge on any atom is -0.489 e. The Morgan fingerprint density at radius 3 is 2.65 bits per heavy atom. The van der Waals surface area contributed by atoms with Crippen molar-refractivity contribution in [3.8, 4) is 5.75 Å². The second-order valence-corrected chi connectivity index (χ2v) is 4.57. The van der Waals surface area contributed by atoms with E-state index >= 15 is 0 Å². The molecule has 1 aromatic carbocycles. The topological polar surface area (TPSA) is 21.3 Å². The predicted molar refractivity (Wildman–Crippen MR) is 73.9 cm³/mol. The SMILES string of the molecule is CCNCc1ccc(OC/C(C)=C/Cl)c(C(F)(F)F)c1. The minimum atomic E-state index is -4.45. The molecule has 112 valence electrons. The highest BCUT2D eigenvalue weighted by atomic mass is 35.5. The van der Waals surface area contributed by atoms with Crippen molar-refractivity contribution in [3.05, 3.63) is 40.4 Å². The molecule has 0 heterocycles. The molecular formula is C14H17ClF3NO. The predicted octanol–water partition coefficient (Wildman–Crippen LogP) is 4.34. The van der Waals surface area contributed by atoms with Crippen LogP contribution in [0.25, 0.3) is 0 Å². The second-order valence-electron chi connectivity index (χ2n) is 4.35. The highest BCUT2D eigenvalue weighted by molar-refractivity contribution is 6.25. The molecule has 0 aliphatic carbocycles. The number of hydrogen-bond acceptors (Lipinski definition) is 2. The molecule has 0 saturated heterocycles. The molecule has 1 N–H and O–H groups in total. The standard InChI is InChI=1S/C14H17ClF3NO/c1-3-19-8-11-4-5-13(20-9-10(2)7-15)12(6-11)14(16,17)18/h4-7,19H,3,8-9H2,1-2H3/b10-7+. The first-order valence-corrected chi connectivity index (χ1v) is 6.61. The Hall–Kier alpha value is -1.20. The van der Waals surface area contributed by atoms with Gasteiger partial charge in [-0.3, -0.25) is 0 Å². The molecule has 1 rings (SSSR count). The van der Waals surface area contributed by atoms with Gasteiger partial charge >= 0.3 is 6.18 Å². The summed E-state index contributed by atoms with van der Waals surface area (Å²) in [6.07, 6.45) is -4.45. The van der Waals surface area contributed by atoms with Crippen LogP contribution in [-0.4, -0.2) is 13.2 Å². The average Bonchev–Trinajstić information content (AvgIpc) is 2.41. The average molecular weight is 308 g/mol. The Kier molecular flexibility index (Phi) is 6.36. The summed E-state index contributed by atoms with van der Waals surface area (Å²) in [4.78, 5) is 0. The second kappa shape index (κ2) is 7.55. The summed E-state index contributed by atoms with van der Waals surface area (Å²) < 4.78 is 44.2. The summed E-state index contributed by atoms with van der Waals surface area (Å²) >= 11 is 5.46. The maximum absolute atomic E-state index is 13.0. The molecule has 0 amide bonds. The smallest absolute Gasteiger partial charge is 0.419 e. The van der Waals surface area contributed by atoms with Crippen molar-refractivity contribution in [2.75, 3.05) is 13.2 Å². The summed E-state index contributed by atoms with van der Waals surface area (Å²) in [6.45, 7) is 4.68. The fourth-order valence-corrected chi connectivity index (χ4v) is 1.59. The van der Waals surface area contributed by atoms with Crippen molar-refractivity contribution < 1.29 is 17.9 Å². The van der Waals surface area contributed by atoms with E-state index in [1.165, 1.54) is 11.6 Å². The Bertz CT molecular complexity index is 472. The molecule has 2 nitrogen and oxygen atoms in total. The Morgan fingerprint density at radius 1 is 1.40 bits per heavy atom. The van der Waals surface area contributed by atoms with Crippen molar-refractivity contribution in [1.29, 1.82) is 0 Å². The van der Waals surface area contributed by atoms with Crippen LogP contribution >= 0.6 is 11.6 Å². The van der Waals surface area contributed by atoms with E-state index in [0.717, 1.165) is 6.07 Å². The lowest BCUT2D eigenvalue weighted by Gasteiger charge is -2.15. The molecule has 0 spiro atoms. The van der Waals surface area contributed by atoms with Gasteiger partial charge in [0.05, 0.1) is 5.56 Å². The van der Waals surface area contributed by atoms with Gasteiger partial charge in [-0.1, -0.05) is 24.6 Å². The summed E-state index contributed by atoms with van der Waals surface area (Å²) in [5.41, 5.74) is 1.73. The van der Waals surface area contributed by atoms with Crippen molar-refractivity contribution in [3.63, 3.8) is 0 Å². The Labute approximate surface area is 121 Å². The van der Waals surface area contributed by atoms with Gasteiger partial charge in [-0.2, -0.15) is 13.2 Å². The summed E-state index contributed by atoms with van der Waals surface area (Å²) in [6, 6.07) is 4.07. The molecule has 6 heteroatoms. The van der Waals surface area contributed by atoms with Gasteiger partial charge in [-0.15, -0.1) is 0 Å². The molecule has 0 fully saturated rings. The third-order valence-corrected chi connectivity index (χ3v) is 2.94. The zero-order valence-electron chi connectivity index (χ0n) is 11.4. The first-order valence-electron chi connectivity index (χ1n) is 6.18. The summed E-state index contributed by atoms with van der Waals surface area (Å²) in [7, 11) is 0. The molecule has 0 atom stereocenters. The lowest BCUT2D eigenvalue weighted by atomic mass is 10.1. The Morgan fingerprint density at radius 2 is 2.10 bits per heavy atom. The molecule has 0 radical (unpaired) electrons. The lowest BCUT2D eigenvalue weighted by Crippen LogP contribution is -2.14. The zero-order chi connectivity index (χ0) is 15.2. The maximum Gasteiger partial charge on any atom is 0.419 e. The van der Waals surface area contributed by atoms with Crippen LogP contribution in [0.15, 0.2) is 29.3 Å². The zero-order valence-corrected chi connectivity index (χ0v) is 12.1. The highest BCUT2D eigenvalue weighted by Gasteiger charge is 2.34. The van der Waals surface area contributed by atoms with Gasteiger partial charge in [0.2, 0.25) is 0 Å². The van der Waals surface area contributed by atoms with Crippen molar-refractivity contribution in [2.45, 2.75) is 26.6 Å². The maximum atomic E-state index is 13.0. The Balaban J connectivity index is 2.98. The third-order valence-electron chi connectivity index (χ3n) is 2.57. The molecule has 1 aromatic rings. The van der Waals surface area contributed by atoms with E-state index < -0.39 is 11.7 Å². The van der Waals surface area contributed by atoms with Gasteiger partial charge in [-0.25, -0.2) is 0 Å². The lowest BCUT2D eigenvalue weighted by molar-refractivity contribution is -0.138. The van der Waals surface area contributed by atoms with E-state index in [-0.39, 0.29) is 12.4 Å². The monoisotopic (exact) mass is 307 g/mol. The highest BCUT2D eigenvalue weighted by Crippen LogP contribution is 2.37. The minimum absolute atomic E-state index is 0.0269. The molecule has 20 heavy (non-hydrogen) atoms. The number of rotatable bonds is 6. The quantitative estimate of drug-likeness (QED) is 0.844. The largest absolute Gasteiger partial charge is 0.489 e. The van der Waals surface area contributed by atoms with Gasteiger partial charge in [0, 0.05) is 12.1 Å². The van der Waals surface area contributed by atoms with Crippen LogP contribution in [0.4, 0.5) is 13.2 Å². The van der Waals surface area contributed by atoms with E-state index in [9.17, 15) is 13.2 Å². The molecule has 0 bridgehead atoms. The van der Waals surface area contributed by atoms with Crippen LogP contribution in [0.5, 0.6) is 5.75 Å². The van der Waals surface area contributed by atoms with Crippen LogP contribution in [-0.2, 0) is 12.7 Å². The number of hydrogen-bond donors (Lipinski definition) is 1. The number of ether oxygens (including phenoxy) is 1. The summed E-state index contributed by atoms with van der Waals surface area (Å²) in [5.74, 6) is -0.185. The third kappa shape index (κ3) is 5.06. The molecule has 0 aliphatic heterocycles.